The van der Waals surface area contributed by atoms with Crippen LogP contribution >= 0.6 is 0 Å². The summed E-state index contributed by atoms with van der Waals surface area (Å²) in [4.78, 5) is 0. The lowest BCUT2D eigenvalue weighted by molar-refractivity contribution is -0.149. The van der Waals surface area contributed by atoms with Crippen molar-refractivity contribution in [3.63, 3.8) is 0 Å². The summed E-state index contributed by atoms with van der Waals surface area (Å²) in [6.45, 7) is 3.37. The second-order valence-electron chi connectivity index (χ2n) is 3.60. The highest BCUT2D eigenvalue weighted by Crippen LogP contribution is 2.34. The van der Waals surface area contributed by atoms with Crippen LogP contribution in [0.15, 0.2) is 12.1 Å². The standard InChI is InChI=1S/C10H13F3N2/c1-5-3-6(2)8(14)7(4-5)9(15)10(11,12)13/h3-4,9H,14-15H2,1-2H3/t9-/m1/s1. The number of hydrogen-bond donors (Lipinski definition) is 2. The van der Waals surface area contributed by atoms with Crippen molar-refractivity contribution in [1.82, 2.24) is 0 Å². The molecule has 0 spiro atoms. The summed E-state index contributed by atoms with van der Waals surface area (Å²) in [5.74, 6) is 0. The Labute approximate surface area is 86.1 Å². The first-order valence-corrected chi connectivity index (χ1v) is 4.42. The van der Waals surface area contributed by atoms with Crippen molar-refractivity contribution < 1.29 is 13.2 Å². The van der Waals surface area contributed by atoms with E-state index in [1.54, 1.807) is 19.9 Å². The van der Waals surface area contributed by atoms with E-state index < -0.39 is 12.2 Å². The largest absolute Gasteiger partial charge is 0.407 e. The van der Waals surface area contributed by atoms with E-state index in [9.17, 15) is 13.2 Å². The van der Waals surface area contributed by atoms with Gasteiger partial charge in [0.15, 0.2) is 0 Å². The number of rotatable bonds is 1. The minimum Gasteiger partial charge on any atom is -0.398 e. The molecule has 1 atom stereocenters. The molecule has 0 radical (unpaired) electrons. The van der Waals surface area contributed by atoms with Crippen LogP contribution in [-0.2, 0) is 0 Å². The number of alkyl halides is 3. The maximum Gasteiger partial charge on any atom is 0.407 e. The van der Waals surface area contributed by atoms with E-state index in [-0.39, 0.29) is 11.3 Å². The molecule has 1 aromatic rings. The average molecular weight is 218 g/mol. The average Bonchev–Trinajstić information content (AvgIpc) is 2.08. The van der Waals surface area contributed by atoms with Crippen molar-refractivity contribution in [1.29, 1.82) is 0 Å². The molecule has 5 heteroatoms. The Morgan fingerprint density at radius 3 is 2.20 bits per heavy atom. The normalized spacial score (nSPS) is 14.0. The monoisotopic (exact) mass is 218 g/mol. The van der Waals surface area contributed by atoms with Crippen molar-refractivity contribution in [2.24, 2.45) is 5.73 Å². The van der Waals surface area contributed by atoms with Crippen LogP contribution in [-0.4, -0.2) is 6.18 Å². The number of nitrogens with two attached hydrogens (primary N) is 2. The molecule has 0 fully saturated rings. The molecule has 0 unspecified atom stereocenters. The first-order valence-electron chi connectivity index (χ1n) is 4.42. The Bertz CT molecular complexity index is 372. The van der Waals surface area contributed by atoms with Gasteiger partial charge in [0.1, 0.15) is 6.04 Å². The number of halogens is 3. The van der Waals surface area contributed by atoms with Gasteiger partial charge >= 0.3 is 6.18 Å². The summed E-state index contributed by atoms with van der Waals surface area (Å²) in [5.41, 5.74) is 12.1. The zero-order valence-electron chi connectivity index (χ0n) is 8.52. The maximum absolute atomic E-state index is 12.4. The van der Waals surface area contributed by atoms with E-state index in [1.165, 1.54) is 6.07 Å². The topological polar surface area (TPSA) is 52.0 Å². The van der Waals surface area contributed by atoms with Gasteiger partial charge in [0.2, 0.25) is 0 Å². The van der Waals surface area contributed by atoms with Gasteiger partial charge in [-0.15, -0.1) is 0 Å². The fourth-order valence-corrected chi connectivity index (χ4v) is 1.45. The molecule has 4 N–H and O–H groups in total. The minimum atomic E-state index is -4.46. The Morgan fingerprint density at radius 2 is 1.73 bits per heavy atom. The summed E-state index contributed by atoms with van der Waals surface area (Å²) < 4.78 is 37.2. The number of aryl methyl sites for hydroxylation is 2. The second kappa shape index (κ2) is 3.73. The Hall–Kier alpha value is -1.23. The van der Waals surface area contributed by atoms with E-state index in [2.05, 4.69) is 0 Å². The summed E-state index contributed by atoms with van der Waals surface area (Å²) >= 11 is 0. The summed E-state index contributed by atoms with van der Waals surface area (Å²) in [6, 6.07) is 1.08. The van der Waals surface area contributed by atoms with Crippen LogP contribution in [0.1, 0.15) is 22.7 Å². The highest BCUT2D eigenvalue weighted by molar-refractivity contribution is 5.56. The van der Waals surface area contributed by atoms with Crippen molar-refractivity contribution in [3.05, 3.63) is 28.8 Å². The fraction of sp³-hybridized carbons (Fsp3) is 0.400. The number of hydrogen-bond acceptors (Lipinski definition) is 2. The van der Waals surface area contributed by atoms with Crippen molar-refractivity contribution in [2.75, 3.05) is 5.73 Å². The Morgan fingerprint density at radius 1 is 1.20 bits per heavy atom. The predicted molar refractivity (Wildman–Crippen MR) is 53.3 cm³/mol. The lowest BCUT2D eigenvalue weighted by Crippen LogP contribution is -2.29. The number of anilines is 1. The van der Waals surface area contributed by atoms with Crippen LogP contribution in [0, 0.1) is 13.8 Å². The molecule has 0 amide bonds. The van der Waals surface area contributed by atoms with Gasteiger partial charge in [-0.1, -0.05) is 17.7 Å². The van der Waals surface area contributed by atoms with Gasteiger partial charge in [-0.2, -0.15) is 13.2 Å². The molecule has 2 nitrogen and oxygen atoms in total. The quantitative estimate of drug-likeness (QED) is 0.711. The van der Waals surface area contributed by atoms with Gasteiger partial charge in [0.05, 0.1) is 0 Å². The SMILES string of the molecule is Cc1cc(C)c(N)c([C@@H](N)C(F)(F)F)c1. The lowest BCUT2D eigenvalue weighted by Gasteiger charge is -2.19. The minimum absolute atomic E-state index is 0.0556. The highest BCUT2D eigenvalue weighted by Gasteiger charge is 2.39. The van der Waals surface area contributed by atoms with Gasteiger partial charge in [-0.05, 0) is 19.4 Å². The zero-order chi connectivity index (χ0) is 11.8. The molecular weight excluding hydrogens is 205 g/mol. The van der Waals surface area contributed by atoms with Crippen molar-refractivity contribution >= 4 is 5.69 Å². The first kappa shape index (κ1) is 11.8. The molecule has 15 heavy (non-hydrogen) atoms. The summed E-state index contributed by atoms with van der Waals surface area (Å²) in [6.07, 6.45) is -4.46. The Kier molecular flexibility index (Phi) is 2.95. The number of nitrogen functional groups attached to an aromatic ring is 1. The first-order chi connectivity index (χ1) is 6.73. The van der Waals surface area contributed by atoms with Crippen molar-refractivity contribution in [3.8, 4) is 0 Å². The molecule has 0 saturated carbocycles. The van der Waals surface area contributed by atoms with E-state index in [0.29, 0.717) is 5.56 Å². The zero-order valence-corrected chi connectivity index (χ0v) is 8.52. The van der Waals surface area contributed by atoms with Gasteiger partial charge in [-0.25, -0.2) is 0 Å². The molecule has 0 heterocycles. The highest BCUT2D eigenvalue weighted by atomic mass is 19.4. The molecule has 0 aliphatic heterocycles. The predicted octanol–water partition coefficient (Wildman–Crippen LogP) is 2.45. The molecule has 0 aromatic heterocycles. The van der Waals surface area contributed by atoms with Crippen LogP contribution in [0.2, 0.25) is 0 Å². The van der Waals surface area contributed by atoms with Crippen LogP contribution in [0.25, 0.3) is 0 Å². The molecule has 1 aromatic carbocycles. The summed E-state index contributed by atoms with van der Waals surface area (Å²) in [7, 11) is 0. The van der Waals surface area contributed by atoms with Crippen LogP contribution in [0.5, 0.6) is 0 Å². The molecule has 0 bridgehead atoms. The van der Waals surface area contributed by atoms with Crippen LogP contribution < -0.4 is 11.5 Å². The molecule has 0 aliphatic rings. The molecular formula is C10H13F3N2. The van der Waals surface area contributed by atoms with Gasteiger partial charge in [0.25, 0.3) is 0 Å². The smallest absolute Gasteiger partial charge is 0.398 e. The van der Waals surface area contributed by atoms with E-state index in [0.717, 1.165) is 5.56 Å². The van der Waals surface area contributed by atoms with Crippen LogP contribution in [0.4, 0.5) is 18.9 Å². The summed E-state index contributed by atoms with van der Waals surface area (Å²) in [5, 5.41) is 0. The lowest BCUT2D eigenvalue weighted by atomic mass is 9.99. The molecule has 0 aliphatic carbocycles. The van der Waals surface area contributed by atoms with E-state index in [4.69, 9.17) is 11.5 Å². The van der Waals surface area contributed by atoms with Crippen LogP contribution in [0.3, 0.4) is 0 Å². The molecule has 84 valence electrons. The third-order valence-corrected chi connectivity index (χ3v) is 2.25. The van der Waals surface area contributed by atoms with E-state index in [1.807, 2.05) is 0 Å². The van der Waals surface area contributed by atoms with Gasteiger partial charge in [-0.3, -0.25) is 0 Å². The third kappa shape index (κ3) is 2.41. The maximum atomic E-state index is 12.4. The molecule has 0 saturated heterocycles. The second-order valence-corrected chi connectivity index (χ2v) is 3.60. The van der Waals surface area contributed by atoms with E-state index >= 15 is 0 Å². The molecule has 1 rings (SSSR count). The van der Waals surface area contributed by atoms with Gasteiger partial charge in [0, 0.05) is 11.3 Å². The van der Waals surface area contributed by atoms with Crippen molar-refractivity contribution in [2.45, 2.75) is 26.1 Å². The number of benzene rings is 1. The third-order valence-electron chi connectivity index (χ3n) is 2.25. The van der Waals surface area contributed by atoms with Gasteiger partial charge < -0.3 is 11.5 Å². The Balaban J connectivity index is 3.25. The fourth-order valence-electron chi connectivity index (χ4n) is 1.45.